The molecule has 0 aromatic rings. The Hall–Kier alpha value is -2.70. The summed E-state index contributed by atoms with van der Waals surface area (Å²) in [4.78, 5) is 94.9. The lowest BCUT2D eigenvalue weighted by Gasteiger charge is -2.02. The first-order valence-electron chi connectivity index (χ1n) is 21.5. The number of hydrogen-bond donors (Lipinski definition) is 5. The van der Waals surface area contributed by atoms with Gasteiger partial charge in [0.2, 0.25) is 23.6 Å². The number of ketones is 2. The number of carboxylic acid groups (broad SMARTS) is 1. The number of alkyl halides is 3. The van der Waals surface area contributed by atoms with E-state index in [-0.39, 0.29) is 92.1 Å². The van der Waals surface area contributed by atoms with Crippen molar-refractivity contribution in [2.24, 2.45) is 0 Å². The first-order chi connectivity index (χ1) is 32.0. The van der Waals surface area contributed by atoms with E-state index in [2.05, 4.69) is 14.8 Å². The van der Waals surface area contributed by atoms with Crippen molar-refractivity contribution in [1.29, 1.82) is 0 Å². The average Bonchev–Trinajstić information content (AvgIpc) is 3.30. The summed E-state index contributed by atoms with van der Waals surface area (Å²) in [5.41, 5.74) is -4.63. The number of hydrogen-bond acceptors (Lipinski definition) is 16. The standard InChI is InChI=1S/C6H11NO.C5H9NO2.4C4H9NO.C2H3F3O3S.C2H4O2.C2H4O.5C2H6.2CH4O.CH4.5H3P/c1-4-6(7-3)5(2)8;1-4(8)5(3-7)6-2;4*1-4(6)5(2)3;1-8-9(6,7)2(3,4)5;1-2(3)4;1-2-3;7*1-2;;;;;;/h4,7H,1-3H3;3,5-6H,1-2H3;4*1-3H3;1H3;1H3,(H,3,4);2H,1H3;5*1-2H3;2*2H,1H3;1H4;5*1H3/b6-4-;;;;;;;;;;;;;;;;;;;;;. The summed E-state index contributed by atoms with van der Waals surface area (Å²) in [6.45, 7) is 33.4. The van der Waals surface area contributed by atoms with Gasteiger partial charge in [-0.05, 0) is 27.8 Å². The molecule has 30 heteroatoms. The van der Waals surface area contributed by atoms with Crippen LogP contribution in [0.3, 0.4) is 0 Å². The molecular weight excluding hydrogens is 1120 g/mol. The Morgan fingerprint density at radius 2 is 0.697 bits per heavy atom. The molecule has 0 aliphatic rings. The Kier molecular flexibility index (Phi) is 239. The normalized spacial score (nSPS) is 7.67. The first kappa shape index (κ1) is 146. The fourth-order valence-corrected chi connectivity index (χ4v) is 1.17. The second-order valence-electron chi connectivity index (χ2n) is 10.5. The molecule has 0 aromatic carbocycles. The van der Waals surface area contributed by atoms with E-state index >= 15 is 0 Å². The zero-order valence-electron chi connectivity index (χ0n) is 52.9. The molecule has 0 heterocycles. The highest BCUT2D eigenvalue weighted by Gasteiger charge is 2.46. The van der Waals surface area contributed by atoms with E-state index in [0.717, 1.165) is 27.4 Å². The lowest BCUT2D eigenvalue weighted by Crippen LogP contribution is -2.33. The molecule has 0 saturated carbocycles. The maximum Gasteiger partial charge on any atom is 0.523 e. The molecule has 0 aliphatic heterocycles. The molecule has 5 N–H and O–H groups in total. The fourth-order valence-electron chi connectivity index (χ4n) is 0.985. The molecule has 76 heavy (non-hydrogen) atoms. The number of allylic oxidation sites excluding steroid dienone is 2. The quantitative estimate of drug-likeness (QED) is 0.0474. The van der Waals surface area contributed by atoms with Crippen LogP contribution in [0, 0.1) is 0 Å². The van der Waals surface area contributed by atoms with Crippen LogP contribution in [0.25, 0.3) is 0 Å². The van der Waals surface area contributed by atoms with Crippen molar-refractivity contribution in [3.63, 3.8) is 0 Å². The highest BCUT2D eigenvalue weighted by Crippen LogP contribution is 2.23. The van der Waals surface area contributed by atoms with Crippen molar-refractivity contribution >= 4 is 113 Å². The number of carbonyl (C=O) groups is 9. The largest absolute Gasteiger partial charge is 0.523 e. The van der Waals surface area contributed by atoms with Gasteiger partial charge in [0.05, 0.1) is 12.8 Å². The third-order valence-electron chi connectivity index (χ3n) is 4.84. The fraction of sp³-hybridized carbons (Fsp3) is 0.761. The van der Waals surface area contributed by atoms with Gasteiger partial charge < -0.3 is 55.1 Å². The number of aliphatic hydroxyl groups is 2. The monoisotopic (exact) mass is 1240 g/mol. The molecule has 0 spiro atoms. The predicted octanol–water partition coefficient (Wildman–Crippen LogP) is 6.49. The van der Waals surface area contributed by atoms with Crippen molar-refractivity contribution in [2.45, 2.75) is 151 Å². The van der Waals surface area contributed by atoms with Gasteiger partial charge in [0.1, 0.15) is 18.6 Å². The zero-order chi connectivity index (χ0) is 61.7. The number of likely N-dealkylation sites (N-methyl/N-ethyl adjacent to an activating group) is 2. The maximum atomic E-state index is 11.1. The minimum Gasteiger partial charge on any atom is -0.481 e. The number of aliphatic hydroxyl groups excluding tert-OH is 2. The molecule has 0 aromatic heterocycles. The number of aldehydes is 2. The molecular formula is C46H124F3N6O15P5S. The van der Waals surface area contributed by atoms with E-state index in [1.54, 1.807) is 76.6 Å². The number of Topliss-reactive ketones (excluding diaryl/α,β-unsaturated/α-hetero) is 2. The van der Waals surface area contributed by atoms with Gasteiger partial charge in [-0.1, -0.05) is 82.7 Å². The molecule has 4 amide bonds. The smallest absolute Gasteiger partial charge is 0.481 e. The minimum absolute atomic E-state index is 0. The summed E-state index contributed by atoms with van der Waals surface area (Å²) < 4.78 is 55.9. The van der Waals surface area contributed by atoms with Crippen LogP contribution in [-0.4, -0.2) is 200 Å². The van der Waals surface area contributed by atoms with Crippen molar-refractivity contribution < 1.29 is 84.2 Å². The third-order valence-corrected chi connectivity index (χ3v) is 5.85. The van der Waals surface area contributed by atoms with Crippen molar-refractivity contribution in [1.82, 2.24) is 30.2 Å². The van der Waals surface area contributed by atoms with Gasteiger partial charge in [0.15, 0.2) is 11.6 Å². The van der Waals surface area contributed by atoms with Crippen LogP contribution >= 0.6 is 49.5 Å². The van der Waals surface area contributed by atoms with Gasteiger partial charge in [-0.2, -0.15) is 71.1 Å². The van der Waals surface area contributed by atoms with Gasteiger partial charge >= 0.3 is 15.6 Å². The number of aliphatic carboxylic acids is 1. The molecule has 0 rings (SSSR count). The van der Waals surface area contributed by atoms with Gasteiger partial charge in [-0.3, -0.25) is 37.7 Å². The first-order valence-corrected chi connectivity index (χ1v) is 22.9. The summed E-state index contributed by atoms with van der Waals surface area (Å²) in [5, 5.41) is 26.7. The van der Waals surface area contributed by atoms with Crippen LogP contribution in [0.5, 0.6) is 0 Å². The second-order valence-corrected chi connectivity index (χ2v) is 12.2. The van der Waals surface area contributed by atoms with E-state index in [9.17, 15) is 55.2 Å². The summed E-state index contributed by atoms with van der Waals surface area (Å²) >= 11 is 0. The zero-order valence-corrected chi connectivity index (χ0v) is 60.8. The van der Waals surface area contributed by atoms with Crippen molar-refractivity contribution in [3.05, 3.63) is 11.8 Å². The molecule has 21 nitrogen and oxygen atoms in total. The summed E-state index contributed by atoms with van der Waals surface area (Å²) in [7, 11) is 14.2. The number of carbonyl (C=O) groups excluding carboxylic acids is 8. The lowest BCUT2D eigenvalue weighted by atomic mass is 10.2. The number of nitrogens with zero attached hydrogens (tertiary/aromatic N) is 4. The molecule has 0 radical (unpaired) electrons. The molecule has 480 valence electrons. The van der Waals surface area contributed by atoms with E-state index in [1.165, 1.54) is 68.1 Å². The van der Waals surface area contributed by atoms with Crippen molar-refractivity contribution in [2.75, 3.05) is 91.8 Å². The molecule has 0 bridgehead atoms. The maximum absolute atomic E-state index is 11.1. The van der Waals surface area contributed by atoms with Crippen LogP contribution in [0.1, 0.15) is 139 Å². The number of amides is 4. The van der Waals surface area contributed by atoms with E-state index in [0.29, 0.717) is 19.1 Å². The SMILES string of the molecule is C.C/C=C(\NC)C(C)=O.CC.CC.CC.CC.CC.CC(=O)N(C)C.CC(=O)N(C)C.CC(=O)N(C)C.CC(=O)N(C)C.CC(=O)O.CC=O.CNC(C=O)C(C)=O.CO.CO.COS(=O)(=O)C(F)(F)F.P.P.P.P.P. The highest BCUT2D eigenvalue weighted by molar-refractivity contribution is 7.87. The number of nitrogens with one attached hydrogen (secondary N) is 2. The summed E-state index contributed by atoms with van der Waals surface area (Å²) in [6, 6.07) is -0.616. The van der Waals surface area contributed by atoms with Crippen LogP contribution in [0.2, 0.25) is 0 Å². The summed E-state index contributed by atoms with van der Waals surface area (Å²) in [6.07, 6.45) is 3.09. The second kappa shape index (κ2) is 125. The summed E-state index contributed by atoms with van der Waals surface area (Å²) in [5.74, 6) is -0.535. The highest BCUT2D eigenvalue weighted by atomic mass is 32.2. The Labute approximate surface area is 480 Å². The Bertz CT molecular complexity index is 1220. The number of carboxylic acids is 1. The molecule has 0 fully saturated rings. The predicted molar refractivity (Wildman–Crippen MR) is 343 cm³/mol. The van der Waals surface area contributed by atoms with Crippen molar-refractivity contribution in [3.8, 4) is 0 Å². The van der Waals surface area contributed by atoms with E-state index in [1.807, 2.05) is 76.2 Å². The molecule has 6 unspecified atom stereocenters. The number of halogens is 3. The van der Waals surface area contributed by atoms with Gasteiger partial charge in [0.25, 0.3) is 5.97 Å². The van der Waals surface area contributed by atoms with Gasteiger partial charge in [0, 0.05) is 119 Å². The Balaban J connectivity index is -0.0000000209. The molecule has 6 atom stereocenters. The van der Waals surface area contributed by atoms with E-state index in [4.69, 9.17) is 24.9 Å². The van der Waals surface area contributed by atoms with E-state index < -0.39 is 27.6 Å². The Morgan fingerprint density at radius 1 is 0.539 bits per heavy atom. The molecule has 0 saturated heterocycles. The topological polar surface area (TPSA) is 295 Å². The van der Waals surface area contributed by atoms with Gasteiger partial charge in [-0.15, -0.1) is 0 Å². The van der Waals surface area contributed by atoms with Crippen LogP contribution < -0.4 is 10.6 Å². The van der Waals surface area contributed by atoms with Gasteiger partial charge in [-0.25, -0.2) is 0 Å². The minimum atomic E-state index is -5.34. The number of rotatable bonds is 6. The van der Waals surface area contributed by atoms with Crippen LogP contribution in [0.4, 0.5) is 13.2 Å². The lowest BCUT2D eigenvalue weighted by molar-refractivity contribution is -0.134. The third kappa shape index (κ3) is 207. The van der Waals surface area contributed by atoms with Crippen LogP contribution in [-0.2, 0) is 57.5 Å². The Morgan fingerprint density at radius 3 is 0.697 bits per heavy atom. The molecule has 0 aliphatic carbocycles. The van der Waals surface area contributed by atoms with Crippen LogP contribution in [0.15, 0.2) is 11.8 Å². The average molecular weight is 1250 g/mol.